The molecule has 3 aromatic heterocycles. The van der Waals surface area contributed by atoms with Crippen LogP contribution in [0, 0.1) is 0 Å². The highest BCUT2D eigenvalue weighted by atomic mass is 32.1. The van der Waals surface area contributed by atoms with E-state index in [0.29, 0.717) is 49.1 Å². The monoisotopic (exact) mass is 595 g/mol. The summed E-state index contributed by atoms with van der Waals surface area (Å²) in [5.74, 6) is 1.29. The van der Waals surface area contributed by atoms with Crippen molar-refractivity contribution in [2.45, 2.75) is 45.9 Å². The van der Waals surface area contributed by atoms with Gasteiger partial charge < -0.3 is 19.5 Å². The Morgan fingerprint density at radius 1 is 0.953 bits per heavy atom. The first kappa shape index (κ1) is 28.4. The van der Waals surface area contributed by atoms with Gasteiger partial charge in [-0.15, -0.1) is 21.5 Å². The van der Waals surface area contributed by atoms with E-state index in [0.717, 1.165) is 16.8 Å². The van der Waals surface area contributed by atoms with Crippen LogP contribution in [0.4, 0.5) is 4.79 Å². The minimum absolute atomic E-state index is 0.0361. The average molecular weight is 596 g/mol. The zero-order chi connectivity index (χ0) is 30.1. The first-order chi connectivity index (χ1) is 20.7. The molecule has 0 radical (unpaired) electrons. The van der Waals surface area contributed by atoms with E-state index < -0.39 is 11.6 Å². The Morgan fingerprint density at radius 2 is 1.72 bits per heavy atom. The summed E-state index contributed by atoms with van der Waals surface area (Å²) in [6.45, 7) is 7.71. The third-order valence-corrected chi connectivity index (χ3v) is 8.55. The Bertz CT molecular complexity index is 1740. The highest BCUT2D eigenvalue weighted by molar-refractivity contribution is 7.13. The van der Waals surface area contributed by atoms with Crippen molar-refractivity contribution in [1.82, 2.24) is 34.3 Å². The summed E-state index contributed by atoms with van der Waals surface area (Å²) in [4.78, 5) is 29.7. The molecule has 0 aliphatic carbocycles. The van der Waals surface area contributed by atoms with E-state index in [1.165, 1.54) is 9.78 Å². The number of fused-ring (bicyclic) bond motifs is 1. The highest BCUT2D eigenvalue weighted by Gasteiger charge is 2.29. The van der Waals surface area contributed by atoms with Gasteiger partial charge in [-0.05, 0) is 61.5 Å². The highest BCUT2D eigenvalue weighted by Crippen LogP contribution is 2.29. The summed E-state index contributed by atoms with van der Waals surface area (Å²) in [7, 11) is 0. The molecule has 1 aliphatic rings. The molecular weight excluding hydrogens is 562 g/mol. The van der Waals surface area contributed by atoms with Crippen molar-refractivity contribution < 1.29 is 14.7 Å². The van der Waals surface area contributed by atoms with Crippen LogP contribution < -0.4 is 0 Å². The first-order valence-electron chi connectivity index (χ1n) is 14.2. The molecule has 0 saturated carbocycles. The number of nitrogens with zero attached hydrogens (tertiary/aromatic N) is 7. The number of benzene rings is 2. The predicted molar refractivity (Wildman–Crippen MR) is 166 cm³/mol. The maximum absolute atomic E-state index is 13.3. The topological polar surface area (TPSA) is 109 Å². The third kappa shape index (κ3) is 5.80. The van der Waals surface area contributed by atoms with E-state index in [-0.39, 0.29) is 12.5 Å². The van der Waals surface area contributed by atoms with Gasteiger partial charge in [0.1, 0.15) is 5.69 Å². The number of aromatic nitrogens is 5. The fourth-order valence-electron chi connectivity index (χ4n) is 5.37. The van der Waals surface area contributed by atoms with Crippen molar-refractivity contribution in [2.75, 3.05) is 13.1 Å². The smallest absolute Gasteiger partial charge is 0.407 e. The lowest BCUT2D eigenvalue weighted by atomic mass is 10.1. The van der Waals surface area contributed by atoms with Crippen LogP contribution in [-0.2, 0) is 19.6 Å². The number of carbonyl (C=O) groups excluding carboxylic acids is 1. The van der Waals surface area contributed by atoms with Gasteiger partial charge in [-0.1, -0.05) is 48.5 Å². The molecule has 2 aromatic carbocycles. The Labute approximate surface area is 253 Å². The standard InChI is InChI=1S/C32H33N7O3S/c1-32(2,3)38(31(41)42)17-18-39-26(22-8-5-4-6-9-22)20-25(35-39)29-34-33-28-21-36(15-16-37(28)29)30(40)24-13-11-23(12-14-24)27-10-7-19-43-27/h4-14,19-20H,15-18,21H2,1-3H3,(H,41,42). The molecule has 0 spiro atoms. The van der Waals surface area contributed by atoms with Gasteiger partial charge in [0.15, 0.2) is 11.6 Å². The number of thiophene rings is 1. The van der Waals surface area contributed by atoms with Crippen LogP contribution in [0.1, 0.15) is 37.0 Å². The molecule has 1 aliphatic heterocycles. The van der Waals surface area contributed by atoms with E-state index in [1.807, 2.05) is 102 Å². The third-order valence-electron chi connectivity index (χ3n) is 7.63. The second kappa shape index (κ2) is 11.5. The quantitative estimate of drug-likeness (QED) is 0.248. The van der Waals surface area contributed by atoms with Gasteiger partial charge in [0, 0.05) is 35.6 Å². The summed E-state index contributed by atoms with van der Waals surface area (Å²) < 4.78 is 3.86. The molecule has 5 aromatic rings. The lowest BCUT2D eigenvalue weighted by molar-refractivity contribution is 0.0707. The van der Waals surface area contributed by atoms with E-state index in [1.54, 1.807) is 16.2 Å². The summed E-state index contributed by atoms with van der Waals surface area (Å²) in [6, 6.07) is 23.7. The number of amides is 2. The molecule has 1 N–H and O–H groups in total. The van der Waals surface area contributed by atoms with Crippen LogP contribution in [-0.4, -0.2) is 70.1 Å². The van der Waals surface area contributed by atoms with Crippen LogP contribution >= 0.6 is 11.3 Å². The fraction of sp³-hybridized carbons (Fsp3) is 0.281. The predicted octanol–water partition coefficient (Wildman–Crippen LogP) is 5.97. The first-order valence-corrected chi connectivity index (χ1v) is 15.1. The Hall–Kier alpha value is -4.77. The van der Waals surface area contributed by atoms with Gasteiger partial charge >= 0.3 is 6.09 Å². The van der Waals surface area contributed by atoms with Crippen LogP contribution in [0.3, 0.4) is 0 Å². The molecule has 0 atom stereocenters. The zero-order valence-corrected chi connectivity index (χ0v) is 25.2. The normalized spacial score (nSPS) is 13.1. The van der Waals surface area contributed by atoms with E-state index >= 15 is 0 Å². The summed E-state index contributed by atoms with van der Waals surface area (Å²) in [5.41, 5.74) is 3.68. The van der Waals surface area contributed by atoms with Gasteiger partial charge in [-0.3, -0.25) is 9.48 Å². The Kier molecular flexibility index (Phi) is 7.57. The van der Waals surface area contributed by atoms with E-state index in [9.17, 15) is 14.7 Å². The largest absolute Gasteiger partial charge is 0.465 e. The molecule has 0 fully saturated rings. The maximum atomic E-state index is 13.3. The lowest BCUT2D eigenvalue weighted by Crippen LogP contribution is -2.46. The number of rotatable bonds is 7. The minimum atomic E-state index is -0.967. The second-order valence-electron chi connectivity index (χ2n) is 11.5. The molecular formula is C32H33N7O3S. The fourth-order valence-corrected chi connectivity index (χ4v) is 6.11. The number of hydrogen-bond acceptors (Lipinski definition) is 6. The maximum Gasteiger partial charge on any atom is 0.407 e. The van der Waals surface area contributed by atoms with Crippen molar-refractivity contribution in [2.24, 2.45) is 0 Å². The van der Waals surface area contributed by atoms with Crippen LogP contribution in [0.25, 0.3) is 33.2 Å². The molecule has 43 heavy (non-hydrogen) atoms. The molecule has 11 heteroatoms. The number of carboxylic acid groups (broad SMARTS) is 1. The van der Waals surface area contributed by atoms with Crippen LogP contribution in [0.15, 0.2) is 78.2 Å². The van der Waals surface area contributed by atoms with Crippen molar-refractivity contribution in [3.8, 4) is 33.2 Å². The van der Waals surface area contributed by atoms with E-state index in [2.05, 4.69) is 16.3 Å². The van der Waals surface area contributed by atoms with Gasteiger partial charge in [0.05, 0.1) is 18.8 Å². The SMILES string of the molecule is CC(C)(C)N(CCn1nc(-c2nnc3n2CCN(C(=O)c2ccc(-c4cccs4)cc2)C3)cc1-c1ccccc1)C(=O)O. The van der Waals surface area contributed by atoms with Crippen molar-refractivity contribution >= 4 is 23.3 Å². The molecule has 6 rings (SSSR count). The summed E-state index contributed by atoms with van der Waals surface area (Å²) in [5, 5.41) is 25.6. The molecule has 0 bridgehead atoms. The molecule has 0 saturated heterocycles. The van der Waals surface area contributed by atoms with Crippen molar-refractivity contribution in [1.29, 1.82) is 0 Å². The molecule has 10 nitrogen and oxygen atoms in total. The lowest BCUT2D eigenvalue weighted by Gasteiger charge is -2.33. The second-order valence-corrected chi connectivity index (χ2v) is 12.4. The molecule has 2 amide bonds. The molecule has 0 unspecified atom stereocenters. The summed E-state index contributed by atoms with van der Waals surface area (Å²) >= 11 is 1.67. The van der Waals surface area contributed by atoms with Gasteiger partial charge in [0.25, 0.3) is 5.91 Å². The van der Waals surface area contributed by atoms with Crippen LogP contribution in [0.2, 0.25) is 0 Å². The number of hydrogen-bond donors (Lipinski definition) is 1. The van der Waals surface area contributed by atoms with Gasteiger partial charge in [0.2, 0.25) is 0 Å². The summed E-state index contributed by atoms with van der Waals surface area (Å²) in [6.07, 6.45) is -0.967. The van der Waals surface area contributed by atoms with Gasteiger partial charge in [-0.25, -0.2) is 4.79 Å². The van der Waals surface area contributed by atoms with E-state index in [4.69, 9.17) is 5.10 Å². The van der Waals surface area contributed by atoms with Crippen molar-refractivity contribution in [3.05, 3.63) is 89.6 Å². The average Bonchev–Trinajstić information content (AvgIpc) is 3.76. The zero-order valence-electron chi connectivity index (χ0n) is 24.3. The van der Waals surface area contributed by atoms with Crippen molar-refractivity contribution in [3.63, 3.8) is 0 Å². The Morgan fingerprint density at radius 3 is 2.40 bits per heavy atom. The molecule has 220 valence electrons. The van der Waals surface area contributed by atoms with Gasteiger partial charge in [-0.2, -0.15) is 5.10 Å². The molecule has 4 heterocycles. The minimum Gasteiger partial charge on any atom is -0.465 e. The Balaban J connectivity index is 1.23. The van der Waals surface area contributed by atoms with Crippen LogP contribution in [0.5, 0.6) is 0 Å². The number of carbonyl (C=O) groups is 2.